The van der Waals surface area contributed by atoms with Crippen molar-refractivity contribution in [1.29, 1.82) is 0 Å². The van der Waals surface area contributed by atoms with Crippen molar-refractivity contribution in [3.8, 4) is 0 Å². The molecule has 1 aliphatic rings. The Morgan fingerprint density at radius 1 is 1.35 bits per heavy atom. The molecule has 0 aliphatic carbocycles. The summed E-state index contributed by atoms with van der Waals surface area (Å²) in [5.74, 6) is 0. The van der Waals surface area contributed by atoms with Crippen LogP contribution in [0, 0.1) is 0 Å². The molecule has 1 saturated heterocycles. The fraction of sp³-hybridized carbons (Fsp3) is 0.818. The van der Waals surface area contributed by atoms with E-state index in [9.17, 15) is 0 Å². The van der Waals surface area contributed by atoms with E-state index in [1.807, 2.05) is 6.08 Å². The number of epoxide rings is 1. The van der Waals surface area contributed by atoms with Crippen LogP contribution in [0.5, 0.6) is 0 Å². The second kappa shape index (κ2) is 7.25. The van der Waals surface area contributed by atoms with Gasteiger partial charge >= 0.3 is 8.80 Å². The van der Waals surface area contributed by atoms with Gasteiger partial charge in [-0.3, -0.25) is 0 Å². The maximum atomic E-state index is 5.77. The molecule has 0 spiro atoms. The van der Waals surface area contributed by atoms with Crippen LogP contribution in [-0.4, -0.2) is 55.6 Å². The summed E-state index contributed by atoms with van der Waals surface area (Å²) in [6, 6.07) is 0.620. The molecule has 6 heteroatoms. The molecule has 1 fully saturated rings. The fourth-order valence-corrected chi connectivity index (χ4v) is 3.42. The van der Waals surface area contributed by atoms with Gasteiger partial charge in [-0.2, -0.15) is 0 Å². The molecule has 1 rings (SSSR count). The van der Waals surface area contributed by atoms with Crippen LogP contribution in [0.4, 0.5) is 0 Å². The van der Waals surface area contributed by atoms with Crippen LogP contribution in [0.2, 0.25) is 6.04 Å². The topological polar surface area (TPSA) is 49.5 Å². The molecule has 2 atom stereocenters. The van der Waals surface area contributed by atoms with Gasteiger partial charge in [-0.15, -0.1) is 6.58 Å². The molecule has 1 heterocycles. The Morgan fingerprint density at radius 3 is 2.35 bits per heavy atom. The highest BCUT2D eigenvalue weighted by Crippen LogP contribution is 2.21. The lowest BCUT2D eigenvalue weighted by Gasteiger charge is -2.28. The summed E-state index contributed by atoms with van der Waals surface area (Å²) in [5.41, 5.74) is 0. The average molecular weight is 262 g/mol. The van der Waals surface area contributed by atoms with Crippen molar-refractivity contribution in [2.75, 3.05) is 34.5 Å². The van der Waals surface area contributed by atoms with Gasteiger partial charge in [-0.25, -0.2) is 0 Å². The van der Waals surface area contributed by atoms with E-state index in [1.165, 1.54) is 0 Å². The Kier molecular flexibility index (Phi) is 6.32. The molecule has 0 radical (unpaired) electrons. The minimum absolute atomic E-state index is 0.00298. The lowest BCUT2D eigenvalue weighted by molar-refractivity contribution is 0.0354. The van der Waals surface area contributed by atoms with E-state index >= 15 is 0 Å². The zero-order valence-corrected chi connectivity index (χ0v) is 11.8. The average Bonchev–Trinajstić information content (AvgIpc) is 3.17. The third-order valence-corrected chi connectivity index (χ3v) is 5.58. The standard InChI is InChI=1S/C11H22O5Si/c1-5-6-10(15-7-11-8-16-11)9-17(12-2,13-3)14-4/h5,10-11H,1,6-9H2,2-4H3. The zero-order valence-electron chi connectivity index (χ0n) is 10.8. The van der Waals surface area contributed by atoms with E-state index in [0.717, 1.165) is 13.0 Å². The molecule has 1 aliphatic heterocycles. The van der Waals surface area contributed by atoms with Crippen LogP contribution in [0.25, 0.3) is 0 Å². The van der Waals surface area contributed by atoms with Gasteiger partial charge in [-0.1, -0.05) is 6.08 Å². The van der Waals surface area contributed by atoms with Crippen molar-refractivity contribution < 1.29 is 22.8 Å². The van der Waals surface area contributed by atoms with Crippen LogP contribution < -0.4 is 0 Å². The molecule has 0 amide bonds. The lowest BCUT2D eigenvalue weighted by atomic mass is 10.3. The molecule has 0 N–H and O–H groups in total. The SMILES string of the molecule is C=CCC(C[Si](OC)(OC)OC)OCC1CO1. The maximum Gasteiger partial charge on any atom is 0.502 e. The highest BCUT2D eigenvalue weighted by molar-refractivity contribution is 6.60. The van der Waals surface area contributed by atoms with Crippen molar-refractivity contribution in [2.45, 2.75) is 24.7 Å². The summed E-state index contributed by atoms with van der Waals surface area (Å²) in [4.78, 5) is 0. The van der Waals surface area contributed by atoms with Crippen molar-refractivity contribution in [2.24, 2.45) is 0 Å². The Bertz CT molecular complexity index is 220. The smallest absolute Gasteiger partial charge is 0.377 e. The summed E-state index contributed by atoms with van der Waals surface area (Å²) in [7, 11) is 2.23. The van der Waals surface area contributed by atoms with E-state index < -0.39 is 8.80 Å². The van der Waals surface area contributed by atoms with Gasteiger partial charge in [0.05, 0.1) is 19.3 Å². The van der Waals surface area contributed by atoms with Gasteiger partial charge in [0.15, 0.2) is 0 Å². The van der Waals surface area contributed by atoms with E-state index in [4.69, 9.17) is 22.8 Å². The number of hydrogen-bond acceptors (Lipinski definition) is 5. The third-order valence-electron chi connectivity index (χ3n) is 2.76. The van der Waals surface area contributed by atoms with Crippen molar-refractivity contribution in [3.63, 3.8) is 0 Å². The van der Waals surface area contributed by atoms with E-state index in [0.29, 0.717) is 12.7 Å². The molecule has 5 nitrogen and oxygen atoms in total. The van der Waals surface area contributed by atoms with Crippen LogP contribution in [0.15, 0.2) is 12.7 Å². The quantitative estimate of drug-likeness (QED) is 0.337. The number of hydrogen-bond donors (Lipinski definition) is 0. The summed E-state index contributed by atoms with van der Waals surface area (Å²) >= 11 is 0. The minimum atomic E-state index is -2.58. The van der Waals surface area contributed by atoms with E-state index in [2.05, 4.69) is 6.58 Å². The number of ether oxygens (including phenoxy) is 2. The first-order valence-corrected chi connectivity index (χ1v) is 7.62. The Morgan fingerprint density at radius 2 is 1.94 bits per heavy atom. The molecule has 2 unspecified atom stereocenters. The molecule has 0 aromatic rings. The van der Waals surface area contributed by atoms with Gasteiger partial charge in [0.25, 0.3) is 0 Å². The van der Waals surface area contributed by atoms with Crippen LogP contribution in [0.1, 0.15) is 6.42 Å². The summed E-state index contributed by atoms with van der Waals surface area (Å²) in [5, 5.41) is 0. The van der Waals surface area contributed by atoms with Crippen molar-refractivity contribution >= 4 is 8.80 Å². The highest BCUT2D eigenvalue weighted by Gasteiger charge is 2.41. The van der Waals surface area contributed by atoms with Gasteiger partial charge in [0, 0.05) is 27.4 Å². The van der Waals surface area contributed by atoms with E-state index in [-0.39, 0.29) is 12.2 Å². The molecular weight excluding hydrogens is 240 g/mol. The molecular formula is C11H22O5Si. The van der Waals surface area contributed by atoms with E-state index in [1.54, 1.807) is 21.3 Å². The first-order valence-electron chi connectivity index (χ1n) is 5.69. The molecule has 17 heavy (non-hydrogen) atoms. The van der Waals surface area contributed by atoms with Crippen molar-refractivity contribution in [3.05, 3.63) is 12.7 Å². The number of rotatable bonds is 10. The summed E-state index contributed by atoms with van der Waals surface area (Å²) in [6.07, 6.45) is 2.84. The molecule has 0 aromatic heterocycles. The Balaban J connectivity index is 2.45. The lowest BCUT2D eigenvalue weighted by Crippen LogP contribution is -2.46. The normalized spacial score (nSPS) is 21.2. The highest BCUT2D eigenvalue weighted by atomic mass is 28.4. The van der Waals surface area contributed by atoms with Crippen LogP contribution >= 0.6 is 0 Å². The first kappa shape index (κ1) is 14.8. The second-order valence-corrected chi connectivity index (χ2v) is 6.93. The van der Waals surface area contributed by atoms with Crippen molar-refractivity contribution in [1.82, 2.24) is 0 Å². The molecule has 100 valence electrons. The largest absolute Gasteiger partial charge is 0.502 e. The summed E-state index contributed by atoms with van der Waals surface area (Å²) in [6.45, 7) is 5.14. The van der Waals surface area contributed by atoms with Gasteiger partial charge in [-0.05, 0) is 6.42 Å². The van der Waals surface area contributed by atoms with Gasteiger partial charge < -0.3 is 22.8 Å². The Labute approximate surface area is 104 Å². The predicted octanol–water partition coefficient (Wildman–Crippen LogP) is 1.22. The van der Waals surface area contributed by atoms with Gasteiger partial charge in [0.2, 0.25) is 0 Å². The fourth-order valence-electron chi connectivity index (χ4n) is 1.58. The minimum Gasteiger partial charge on any atom is -0.377 e. The molecule has 0 aromatic carbocycles. The monoisotopic (exact) mass is 262 g/mol. The van der Waals surface area contributed by atoms with Crippen LogP contribution in [0.3, 0.4) is 0 Å². The van der Waals surface area contributed by atoms with Crippen LogP contribution in [-0.2, 0) is 22.8 Å². The predicted molar refractivity (Wildman–Crippen MR) is 65.9 cm³/mol. The second-order valence-electron chi connectivity index (χ2n) is 3.93. The summed E-state index contributed by atoms with van der Waals surface area (Å²) < 4.78 is 27.0. The van der Waals surface area contributed by atoms with Gasteiger partial charge in [0.1, 0.15) is 6.10 Å². The first-order chi connectivity index (χ1) is 8.19. The molecule has 0 bridgehead atoms. The Hall–Kier alpha value is -0.243. The maximum absolute atomic E-state index is 5.77. The molecule has 0 saturated carbocycles. The third kappa shape index (κ3) is 4.87. The zero-order chi connectivity index (χ0) is 12.7.